The maximum absolute atomic E-state index is 11.6. The SMILES string of the molecule is CC(C)CC(=O)NCCC(=O)N1CCCC1. The van der Waals surface area contributed by atoms with Gasteiger partial charge in [0.2, 0.25) is 11.8 Å². The van der Waals surface area contributed by atoms with Gasteiger partial charge in [0.1, 0.15) is 0 Å². The molecule has 16 heavy (non-hydrogen) atoms. The molecule has 2 amide bonds. The van der Waals surface area contributed by atoms with Crippen LogP contribution in [0.25, 0.3) is 0 Å². The average molecular weight is 226 g/mol. The van der Waals surface area contributed by atoms with E-state index in [1.807, 2.05) is 18.7 Å². The van der Waals surface area contributed by atoms with Crippen LogP contribution in [0.5, 0.6) is 0 Å². The monoisotopic (exact) mass is 226 g/mol. The topological polar surface area (TPSA) is 49.4 Å². The molecule has 0 aliphatic carbocycles. The van der Waals surface area contributed by atoms with E-state index in [0.29, 0.717) is 25.3 Å². The van der Waals surface area contributed by atoms with Gasteiger partial charge in [-0.3, -0.25) is 9.59 Å². The van der Waals surface area contributed by atoms with Gasteiger partial charge in [-0.15, -0.1) is 0 Å². The first-order valence-corrected chi connectivity index (χ1v) is 6.14. The van der Waals surface area contributed by atoms with Crippen LogP contribution in [0.2, 0.25) is 0 Å². The van der Waals surface area contributed by atoms with Crippen LogP contribution in [0.1, 0.15) is 39.5 Å². The van der Waals surface area contributed by atoms with Crippen LogP contribution in [-0.2, 0) is 9.59 Å². The van der Waals surface area contributed by atoms with Crippen molar-refractivity contribution in [3.05, 3.63) is 0 Å². The van der Waals surface area contributed by atoms with Crippen LogP contribution < -0.4 is 5.32 Å². The summed E-state index contributed by atoms with van der Waals surface area (Å²) in [5.41, 5.74) is 0. The molecule has 0 atom stereocenters. The number of carbonyl (C=O) groups excluding carboxylic acids is 2. The number of nitrogens with one attached hydrogen (secondary N) is 1. The van der Waals surface area contributed by atoms with Crippen molar-refractivity contribution in [3.63, 3.8) is 0 Å². The van der Waals surface area contributed by atoms with Gasteiger partial charge in [0.25, 0.3) is 0 Å². The van der Waals surface area contributed by atoms with Crippen molar-refractivity contribution in [3.8, 4) is 0 Å². The number of rotatable bonds is 5. The smallest absolute Gasteiger partial charge is 0.224 e. The van der Waals surface area contributed by atoms with Crippen molar-refractivity contribution in [2.45, 2.75) is 39.5 Å². The molecule has 1 rings (SSSR count). The molecule has 4 nitrogen and oxygen atoms in total. The number of carbonyl (C=O) groups is 2. The molecule has 1 saturated heterocycles. The first kappa shape index (κ1) is 13.0. The third-order valence-electron chi connectivity index (χ3n) is 2.71. The van der Waals surface area contributed by atoms with Crippen molar-refractivity contribution < 1.29 is 9.59 Å². The van der Waals surface area contributed by atoms with Gasteiger partial charge in [-0.25, -0.2) is 0 Å². The normalized spacial score (nSPS) is 15.6. The van der Waals surface area contributed by atoms with Crippen molar-refractivity contribution in [2.75, 3.05) is 19.6 Å². The molecule has 0 unspecified atom stereocenters. The fourth-order valence-electron chi connectivity index (χ4n) is 1.88. The molecule has 92 valence electrons. The van der Waals surface area contributed by atoms with Crippen molar-refractivity contribution in [1.29, 1.82) is 0 Å². The molecule has 1 aliphatic rings. The Kier molecular flexibility index (Phi) is 5.29. The number of likely N-dealkylation sites (tertiary alicyclic amines) is 1. The molecule has 0 aromatic rings. The largest absolute Gasteiger partial charge is 0.356 e. The van der Waals surface area contributed by atoms with Crippen molar-refractivity contribution in [1.82, 2.24) is 10.2 Å². The first-order chi connectivity index (χ1) is 7.59. The van der Waals surface area contributed by atoms with E-state index in [0.717, 1.165) is 25.9 Å². The molecular weight excluding hydrogens is 204 g/mol. The van der Waals surface area contributed by atoms with Gasteiger partial charge in [0.05, 0.1) is 0 Å². The Morgan fingerprint density at radius 1 is 1.25 bits per heavy atom. The van der Waals surface area contributed by atoms with Crippen molar-refractivity contribution in [2.24, 2.45) is 5.92 Å². The number of nitrogens with zero attached hydrogens (tertiary/aromatic N) is 1. The Bertz CT molecular complexity index is 245. The number of hydrogen-bond acceptors (Lipinski definition) is 2. The molecule has 0 bridgehead atoms. The zero-order valence-electron chi connectivity index (χ0n) is 10.3. The van der Waals surface area contributed by atoms with E-state index in [2.05, 4.69) is 5.32 Å². The molecular formula is C12H22N2O2. The lowest BCUT2D eigenvalue weighted by atomic mass is 10.1. The minimum Gasteiger partial charge on any atom is -0.356 e. The third kappa shape index (κ3) is 4.64. The Labute approximate surface area is 97.4 Å². The molecule has 0 aromatic carbocycles. The fraction of sp³-hybridized carbons (Fsp3) is 0.833. The maximum atomic E-state index is 11.6. The summed E-state index contributed by atoms with van der Waals surface area (Å²) in [6.45, 7) is 6.27. The summed E-state index contributed by atoms with van der Waals surface area (Å²) >= 11 is 0. The molecule has 4 heteroatoms. The second-order valence-electron chi connectivity index (χ2n) is 4.79. The van der Waals surface area contributed by atoms with Gasteiger partial charge in [-0.1, -0.05) is 13.8 Å². The quantitative estimate of drug-likeness (QED) is 0.765. The summed E-state index contributed by atoms with van der Waals surface area (Å²) in [7, 11) is 0. The first-order valence-electron chi connectivity index (χ1n) is 6.14. The van der Waals surface area contributed by atoms with E-state index in [4.69, 9.17) is 0 Å². The maximum Gasteiger partial charge on any atom is 0.224 e. The minimum absolute atomic E-state index is 0.0456. The molecule has 1 aliphatic heterocycles. The van der Waals surface area contributed by atoms with E-state index in [1.165, 1.54) is 0 Å². The molecule has 0 aromatic heterocycles. The molecule has 0 spiro atoms. The molecule has 1 heterocycles. The minimum atomic E-state index is 0.0456. The Morgan fingerprint density at radius 2 is 1.88 bits per heavy atom. The summed E-state index contributed by atoms with van der Waals surface area (Å²) < 4.78 is 0. The van der Waals surface area contributed by atoms with Gasteiger partial charge in [0, 0.05) is 32.5 Å². The third-order valence-corrected chi connectivity index (χ3v) is 2.71. The van der Waals surface area contributed by atoms with Crippen molar-refractivity contribution >= 4 is 11.8 Å². The summed E-state index contributed by atoms with van der Waals surface area (Å²) in [5, 5.41) is 2.78. The summed E-state index contributed by atoms with van der Waals surface area (Å²) in [6, 6.07) is 0. The predicted molar refractivity (Wildman–Crippen MR) is 62.9 cm³/mol. The van der Waals surface area contributed by atoms with Crippen LogP contribution in [0.4, 0.5) is 0 Å². The lowest BCUT2D eigenvalue weighted by molar-refractivity contribution is -0.130. The van der Waals surface area contributed by atoms with Crippen LogP contribution >= 0.6 is 0 Å². The zero-order valence-corrected chi connectivity index (χ0v) is 10.3. The highest BCUT2D eigenvalue weighted by molar-refractivity contribution is 5.79. The zero-order chi connectivity index (χ0) is 12.0. The number of amides is 2. The molecule has 1 N–H and O–H groups in total. The van der Waals surface area contributed by atoms with Gasteiger partial charge >= 0.3 is 0 Å². The van der Waals surface area contributed by atoms with Crippen LogP contribution in [-0.4, -0.2) is 36.3 Å². The van der Waals surface area contributed by atoms with Crippen LogP contribution in [0.3, 0.4) is 0 Å². The lowest BCUT2D eigenvalue weighted by Gasteiger charge is -2.15. The Morgan fingerprint density at radius 3 is 2.44 bits per heavy atom. The van der Waals surface area contributed by atoms with Crippen LogP contribution in [0.15, 0.2) is 0 Å². The second kappa shape index (κ2) is 6.51. The fourth-order valence-corrected chi connectivity index (χ4v) is 1.88. The van der Waals surface area contributed by atoms with Gasteiger partial charge in [0.15, 0.2) is 0 Å². The van der Waals surface area contributed by atoms with E-state index < -0.39 is 0 Å². The lowest BCUT2D eigenvalue weighted by Crippen LogP contribution is -2.33. The Hall–Kier alpha value is -1.06. The predicted octanol–water partition coefficient (Wildman–Crippen LogP) is 1.16. The average Bonchev–Trinajstić information content (AvgIpc) is 2.68. The molecule has 0 saturated carbocycles. The highest BCUT2D eigenvalue weighted by atomic mass is 16.2. The van der Waals surface area contributed by atoms with E-state index in [-0.39, 0.29) is 11.8 Å². The molecule has 0 radical (unpaired) electrons. The standard InChI is InChI=1S/C12H22N2O2/c1-10(2)9-11(15)13-6-5-12(16)14-7-3-4-8-14/h10H,3-9H2,1-2H3,(H,13,15). The van der Waals surface area contributed by atoms with Gasteiger partial charge in [-0.05, 0) is 18.8 Å². The highest BCUT2D eigenvalue weighted by Crippen LogP contribution is 2.08. The molecule has 1 fully saturated rings. The highest BCUT2D eigenvalue weighted by Gasteiger charge is 2.17. The van der Waals surface area contributed by atoms with Gasteiger partial charge in [-0.2, -0.15) is 0 Å². The summed E-state index contributed by atoms with van der Waals surface area (Å²) in [4.78, 5) is 24.8. The Balaban J connectivity index is 2.10. The van der Waals surface area contributed by atoms with E-state index in [9.17, 15) is 9.59 Å². The second-order valence-corrected chi connectivity index (χ2v) is 4.79. The van der Waals surface area contributed by atoms with Gasteiger partial charge < -0.3 is 10.2 Å². The summed E-state index contributed by atoms with van der Waals surface area (Å²) in [5.74, 6) is 0.584. The van der Waals surface area contributed by atoms with E-state index in [1.54, 1.807) is 0 Å². The van der Waals surface area contributed by atoms with Crippen LogP contribution in [0, 0.1) is 5.92 Å². The number of hydrogen-bond donors (Lipinski definition) is 1. The van der Waals surface area contributed by atoms with E-state index >= 15 is 0 Å². The summed E-state index contributed by atoms with van der Waals surface area (Å²) in [6.07, 6.45) is 3.21.